The molecule has 26 heavy (non-hydrogen) atoms. The van der Waals surface area contributed by atoms with Crippen LogP contribution in [0.3, 0.4) is 0 Å². The Kier molecular flexibility index (Phi) is 5.90. The second-order valence-electron chi connectivity index (χ2n) is 7.70. The van der Waals surface area contributed by atoms with Crippen molar-refractivity contribution in [1.82, 2.24) is 4.90 Å². The first-order valence-electron chi connectivity index (χ1n) is 9.51. The molecule has 0 spiro atoms. The van der Waals surface area contributed by atoms with E-state index in [0.717, 1.165) is 37.1 Å². The maximum absolute atomic E-state index is 12.7. The van der Waals surface area contributed by atoms with Gasteiger partial charge in [-0.05, 0) is 62.1 Å². The topological polar surface area (TPSA) is 63.7 Å². The predicted molar refractivity (Wildman–Crippen MR) is 102 cm³/mol. The van der Waals surface area contributed by atoms with Crippen molar-refractivity contribution in [2.24, 2.45) is 5.92 Å². The molecule has 1 amide bonds. The minimum absolute atomic E-state index is 0.161. The smallest absolute Gasteiger partial charge is 0.222 e. The second-order valence-corrected chi connectivity index (χ2v) is 9.93. The number of methoxy groups -OCH3 is 1. The number of ether oxygens (including phenoxy) is 1. The molecule has 2 fully saturated rings. The van der Waals surface area contributed by atoms with Crippen molar-refractivity contribution in [3.8, 4) is 5.75 Å². The van der Waals surface area contributed by atoms with Gasteiger partial charge in [-0.1, -0.05) is 12.1 Å². The highest BCUT2D eigenvalue weighted by atomic mass is 32.2. The third kappa shape index (κ3) is 4.58. The van der Waals surface area contributed by atoms with Gasteiger partial charge < -0.3 is 9.64 Å². The molecule has 2 saturated heterocycles. The van der Waals surface area contributed by atoms with Gasteiger partial charge in [0, 0.05) is 19.0 Å². The third-order valence-corrected chi connectivity index (χ3v) is 7.56. The molecule has 0 radical (unpaired) electrons. The van der Waals surface area contributed by atoms with Crippen LogP contribution in [0.4, 0.5) is 0 Å². The van der Waals surface area contributed by atoms with Crippen molar-refractivity contribution in [2.75, 3.05) is 25.2 Å². The van der Waals surface area contributed by atoms with E-state index >= 15 is 0 Å². The molecule has 5 nitrogen and oxygen atoms in total. The zero-order chi connectivity index (χ0) is 18.7. The summed E-state index contributed by atoms with van der Waals surface area (Å²) in [6, 6.07) is 6.47. The van der Waals surface area contributed by atoms with E-state index in [4.69, 9.17) is 4.74 Å². The number of aryl methyl sites for hydroxylation is 1. The highest BCUT2D eigenvalue weighted by molar-refractivity contribution is 7.91. The summed E-state index contributed by atoms with van der Waals surface area (Å²) >= 11 is 0. The van der Waals surface area contributed by atoms with Gasteiger partial charge in [0.2, 0.25) is 5.91 Å². The average molecular weight is 380 g/mol. The van der Waals surface area contributed by atoms with Gasteiger partial charge in [-0.2, -0.15) is 0 Å². The number of rotatable bonds is 6. The zero-order valence-electron chi connectivity index (χ0n) is 15.7. The minimum atomic E-state index is -2.86. The lowest BCUT2D eigenvalue weighted by molar-refractivity contribution is -0.132. The Hall–Kier alpha value is -1.56. The molecule has 0 aromatic heterocycles. The second kappa shape index (κ2) is 7.99. The lowest BCUT2D eigenvalue weighted by Crippen LogP contribution is -2.37. The van der Waals surface area contributed by atoms with E-state index in [0.29, 0.717) is 19.3 Å². The monoisotopic (exact) mass is 379 g/mol. The molecular weight excluding hydrogens is 350 g/mol. The van der Waals surface area contributed by atoms with Gasteiger partial charge in [-0.15, -0.1) is 0 Å². The summed E-state index contributed by atoms with van der Waals surface area (Å²) in [4.78, 5) is 14.7. The fraction of sp³-hybridized carbons (Fsp3) is 0.650. The third-order valence-electron chi connectivity index (χ3n) is 5.72. The van der Waals surface area contributed by atoms with Crippen molar-refractivity contribution in [1.29, 1.82) is 0 Å². The highest BCUT2D eigenvalue weighted by Gasteiger charge is 2.31. The number of hydrogen-bond acceptors (Lipinski definition) is 4. The maximum atomic E-state index is 12.7. The normalized spacial score (nSPS) is 24.8. The van der Waals surface area contributed by atoms with Crippen LogP contribution in [0.2, 0.25) is 0 Å². The summed E-state index contributed by atoms with van der Waals surface area (Å²) in [6.07, 6.45) is 4.83. The van der Waals surface area contributed by atoms with Gasteiger partial charge in [-0.3, -0.25) is 4.79 Å². The van der Waals surface area contributed by atoms with E-state index in [2.05, 4.69) is 12.1 Å². The lowest BCUT2D eigenvalue weighted by atomic mass is 10.00. The minimum Gasteiger partial charge on any atom is -0.496 e. The first-order chi connectivity index (χ1) is 12.4. The maximum Gasteiger partial charge on any atom is 0.222 e. The van der Waals surface area contributed by atoms with E-state index in [9.17, 15) is 13.2 Å². The summed E-state index contributed by atoms with van der Waals surface area (Å²) < 4.78 is 28.4. The molecule has 1 aromatic rings. The van der Waals surface area contributed by atoms with Crippen molar-refractivity contribution < 1.29 is 17.9 Å². The van der Waals surface area contributed by atoms with Crippen LogP contribution >= 0.6 is 0 Å². The molecule has 2 aliphatic rings. The Labute approximate surface area is 156 Å². The van der Waals surface area contributed by atoms with Crippen molar-refractivity contribution in [3.05, 3.63) is 29.3 Å². The predicted octanol–water partition coefficient (Wildman–Crippen LogP) is 2.75. The van der Waals surface area contributed by atoms with Crippen LogP contribution in [0.1, 0.15) is 43.2 Å². The molecule has 2 aliphatic heterocycles. The van der Waals surface area contributed by atoms with Crippen LogP contribution in [0.15, 0.2) is 18.2 Å². The van der Waals surface area contributed by atoms with Crippen LogP contribution < -0.4 is 4.74 Å². The van der Waals surface area contributed by atoms with Gasteiger partial charge in [0.15, 0.2) is 9.84 Å². The molecular formula is C20H29NO4S. The SMILES string of the molecule is COc1ccc(CC2CCCN2C(=O)CCC2CCS(=O)(=O)C2)cc1C. The number of amides is 1. The van der Waals surface area contributed by atoms with Gasteiger partial charge in [0.25, 0.3) is 0 Å². The fourth-order valence-electron chi connectivity index (χ4n) is 4.29. The molecule has 2 atom stereocenters. The van der Waals surface area contributed by atoms with E-state index in [1.165, 1.54) is 5.56 Å². The first-order valence-corrected chi connectivity index (χ1v) is 11.3. The molecule has 3 rings (SSSR count). The Morgan fingerprint density at radius 1 is 1.31 bits per heavy atom. The summed E-state index contributed by atoms with van der Waals surface area (Å²) in [5, 5.41) is 0. The van der Waals surface area contributed by atoms with E-state index in [1.54, 1.807) is 7.11 Å². The van der Waals surface area contributed by atoms with Gasteiger partial charge in [0.1, 0.15) is 5.75 Å². The van der Waals surface area contributed by atoms with Crippen molar-refractivity contribution in [2.45, 2.75) is 51.5 Å². The summed E-state index contributed by atoms with van der Waals surface area (Å²) in [6.45, 7) is 2.86. The summed E-state index contributed by atoms with van der Waals surface area (Å²) in [7, 11) is -1.18. The Morgan fingerprint density at radius 2 is 2.12 bits per heavy atom. The fourth-order valence-corrected chi connectivity index (χ4v) is 6.20. The van der Waals surface area contributed by atoms with Crippen LogP contribution in [0, 0.1) is 12.8 Å². The summed E-state index contributed by atoms with van der Waals surface area (Å²) in [5.74, 6) is 1.78. The molecule has 144 valence electrons. The molecule has 2 unspecified atom stereocenters. The van der Waals surface area contributed by atoms with Crippen LogP contribution in [-0.2, 0) is 21.1 Å². The van der Waals surface area contributed by atoms with E-state index in [1.807, 2.05) is 17.9 Å². The zero-order valence-corrected chi connectivity index (χ0v) is 16.6. The Bertz CT molecular complexity index is 759. The number of nitrogens with zero attached hydrogens (tertiary/aromatic N) is 1. The van der Waals surface area contributed by atoms with E-state index in [-0.39, 0.29) is 29.4 Å². The van der Waals surface area contributed by atoms with Gasteiger partial charge >= 0.3 is 0 Å². The van der Waals surface area contributed by atoms with Gasteiger partial charge in [0.05, 0.1) is 18.6 Å². The molecule has 6 heteroatoms. The first kappa shape index (κ1) is 19.2. The number of likely N-dealkylation sites (tertiary alicyclic amines) is 1. The van der Waals surface area contributed by atoms with Crippen molar-refractivity contribution in [3.63, 3.8) is 0 Å². The molecule has 0 aliphatic carbocycles. The van der Waals surface area contributed by atoms with Crippen LogP contribution in [0.5, 0.6) is 5.75 Å². The quantitative estimate of drug-likeness (QED) is 0.762. The Balaban J connectivity index is 1.55. The largest absolute Gasteiger partial charge is 0.496 e. The molecule has 1 aromatic carbocycles. The van der Waals surface area contributed by atoms with E-state index < -0.39 is 9.84 Å². The molecule has 0 N–H and O–H groups in total. The van der Waals surface area contributed by atoms with Crippen LogP contribution in [-0.4, -0.2) is 50.4 Å². The summed E-state index contributed by atoms with van der Waals surface area (Å²) in [5.41, 5.74) is 2.35. The number of carbonyl (C=O) groups is 1. The number of sulfone groups is 1. The van der Waals surface area contributed by atoms with Gasteiger partial charge in [-0.25, -0.2) is 8.42 Å². The number of hydrogen-bond donors (Lipinski definition) is 0. The molecule has 2 heterocycles. The standard InChI is InChI=1S/C20H29NO4S/c1-15-12-17(5-7-19(15)25-2)13-18-4-3-10-21(18)20(22)8-6-16-9-11-26(23,24)14-16/h5,7,12,16,18H,3-4,6,8-11,13-14H2,1-2H3. The Morgan fingerprint density at radius 3 is 2.77 bits per heavy atom. The van der Waals surface area contributed by atoms with Crippen LogP contribution in [0.25, 0.3) is 0 Å². The highest BCUT2D eigenvalue weighted by Crippen LogP contribution is 2.27. The average Bonchev–Trinajstić information content (AvgIpc) is 3.19. The lowest BCUT2D eigenvalue weighted by Gasteiger charge is -2.25. The number of benzene rings is 1. The number of carbonyl (C=O) groups excluding carboxylic acids is 1. The molecule has 0 saturated carbocycles. The molecule has 0 bridgehead atoms. The van der Waals surface area contributed by atoms with Crippen molar-refractivity contribution >= 4 is 15.7 Å².